The molecule has 0 unspecified atom stereocenters. The van der Waals surface area contributed by atoms with Crippen molar-refractivity contribution in [2.45, 2.75) is 75.8 Å². The number of carbonyl (C=O) groups is 1. The lowest BCUT2D eigenvalue weighted by Gasteiger charge is -2.30. The Morgan fingerprint density at radius 3 is 2.27 bits per heavy atom. The third-order valence-corrected chi connectivity index (χ3v) is 8.44. The molecule has 162 valence electrons. The maximum absolute atomic E-state index is 13.0. The number of amides is 1. The van der Waals surface area contributed by atoms with Crippen molar-refractivity contribution in [2.24, 2.45) is 0 Å². The van der Waals surface area contributed by atoms with E-state index in [0.717, 1.165) is 37.1 Å². The molecule has 0 saturated heterocycles. The molecule has 0 bridgehead atoms. The minimum Gasteiger partial charge on any atom is -0.345 e. The Balaban J connectivity index is 1.47. The number of hydrogen-bond acceptors (Lipinski definition) is 3. The van der Waals surface area contributed by atoms with Gasteiger partial charge in [0.1, 0.15) is 0 Å². The number of hydrogen-bond donors (Lipinski definition) is 1. The third-order valence-electron chi connectivity index (χ3n) is 6.52. The van der Waals surface area contributed by atoms with Gasteiger partial charge in [-0.05, 0) is 69.9 Å². The van der Waals surface area contributed by atoms with E-state index in [4.69, 9.17) is 0 Å². The van der Waals surface area contributed by atoms with Crippen molar-refractivity contribution < 1.29 is 13.2 Å². The fourth-order valence-electron chi connectivity index (χ4n) is 4.62. The van der Waals surface area contributed by atoms with Gasteiger partial charge in [0.2, 0.25) is 10.0 Å². The van der Waals surface area contributed by atoms with E-state index in [9.17, 15) is 13.2 Å². The number of nitrogens with one attached hydrogen (secondary N) is 1. The highest BCUT2D eigenvalue weighted by Gasteiger charge is 2.30. The molecule has 4 rings (SSSR count). The number of rotatable bonds is 6. The molecule has 30 heavy (non-hydrogen) atoms. The zero-order valence-corrected chi connectivity index (χ0v) is 18.8. The molecule has 7 heteroatoms. The molecule has 0 radical (unpaired) electrons. The lowest BCUT2D eigenvalue weighted by molar-refractivity contribution is 0.102. The molecule has 0 atom stereocenters. The van der Waals surface area contributed by atoms with Crippen LogP contribution in [-0.4, -0.2) is 36.3 Å². The van der Waals surface area contributed by atoms with Gasteiger partial charge in [-0.3, -0.25) is 4.79 Å². The minimum atomic E-state index is -3.53. The molecule has 1 aromatic heterocycles. The molecular weight excluding hydrogens is 398 g/mol. The van der Waals surface area contributed by atoms with Gasteiger partial charge in [0.15, 0.2) is 0 Å². The van der Waals surface area contributed by atoms with Crippen LogP contribution in [0.3, 0.4) is 0 Å². The first-order valence-electron chi connectivity index (χ1n) is 10.9. The van der Waals surface area contributed by atoms with E-state index in [-0.39, 0.29) is 16.8 Å². The highest BCUT2D eigenvalue weighted by molar-refractivity contribution is 7.89. The second kappa shape index (κ2) is 8.19. The molecule has 2 aliphatic carbocycles. The largest absolute Gasteiger partial charge is 0.345 e. The highest BCUT2D eigenvalue weighted by Crippen LogP contribution is 2.38. The van der Waals surface area contributed by atoms with Crippen LogP contribution >= 0.6 is 0 Å². The normalized spacial score (nSPS) is 18.0. The van der Waals surface area contributed by atoms with Crippen molar-refractivity contribution in [1.29, 1.82) is 0 Å². The summed E-state index contributed by atoms with van der Waals surface area (Å²) in [6.07, 6.45) is 7.52. The van der Waals surface area contributed by atoms with E-state index in [1.165, 1.54) is 23.6 Å². The van der Waals surface area contributed by atoms with Gasteiger partial charge < -0.3 is 9.88 Å². The SMILES string of the molecule is Cc1cc(C(=O)Nc2ccc(S(=O)(=O)N(C)C3CCCCC3)cc2)c(C)n1C1CC1. The van der Waals surface area contributed by atoms with E-state index >= 15 is 0 Å². The number of aryl methyl sites for hydroxylation is 1. The van der Waals surface area contributed by atoms with Gasteiger partial charge in [-0.2, -0.15) is 4.31 Å². The fraction of sp³-hybridized carbons (Fsp3) is 0.522. The summed E-state index contributed by atoms with van der Waals surface area (Å²) in [5.74, 6) is -0.162. The van der Waals surface area contributed by atoms with Gasteiger partial charge in [0.25, 0.3) is 5.91 Å². The first-order valence-corrected chi connectivity index (χ1v) is 12.3. The molecular formula is C23H31N3O3S. The van der Waals surface area contributed by atoms with Gasteiger partial charge in [-0.15, -0.1) is 0 Å². The van der Waals surface area contributed by atoms with Gasteiger partial charge in [0, 0.05) is 36.2 Å². The van der Waals surface area contributed by atoms with Crippen LogP contribution in [0.4, 0.5) is 5.69 Å². The van der Waals surface area contributed by atoms with Crippen LogP contribution in [0.1, 0.15) is 72.7 Å². The predicted molar refractivity (Wildman–Crippen MR) is 118 cm³/mol. The first-order chi connectivity index (χ1) is 14.3. The van der Waals surface area contributed by atoms with Crippen molar-refractivity contribution in [3.05, 3.63) is 47.3 Å². The molecule has 2 aliphatic rings. The van der Waals surface area contributed by atoms with Crippen LogP contribution in [0.15, 0.2) is 35.2 Å². The molecule has 0 aliphatic heterocycles. The van der Waals surface area contributed by atoms with Crippen molar-refractivity contribution in [3.8, 4) is 0 Å². The van der Waals surface area contributed by atoms with Crippen LogP contribution in [-0.2, 0) is 10.0 Å². The Labute approximate surface area is 179 Å². The smallest absolute Gasteiger partial charge is 0.257 e. The summed E-state index contributed by atoms with van der Waals surface area (Å²) in [5.41, 5.74) is 3.36. The Morgan fingerprint density at radius 2 is 1.67 bits per heavy atom. The van der Waals surface area contributed by atoms with Crippen molar-refractivity contribution in [2.75, 3.05) is 12.4 Å². The number of benzene rings is 1. The van der Waals surface area contributed by atoms with E-state index in [1.807, 2.05) is 19.9 Å². The molecule has 2 saturated carbocycles. The average Bonchev–Trinajstić information content (AvgIpc) is 3.52. The van der Waals surface area contributed by atoms with Crippen LogP contribution in [0.2, 0.25) is 0 Å². The number of anilines is 1. The zero-order chi connectivity index (χ0) is 21.5. The minimum absolute atomic E-state index is 0.0739. The van der Waals surface area contributed by atoms with Gasteiger partial charge in [-0.25, -0.2) is 8.42 Å². The topological polar surface area (TPSA) is 71.4 Å². The number of aromatic nitrogens is 1. The summed E-state index contributed by atoms with van der Waals surface area (Å²) in [4.78, 5) is 13.1. The Morgan fingerprint density at radius 1 is 1.03 bits per heavy atom. The van der Waals surface area contributed by atoms with E-state index in [0.29, 0.717) is 17.3 Å². The van der Waals surface area contributed by atoms with Crippen LogP contribution in [0.25, 0.3) is 0 Å². The lowest BCUT2D eigenvalue weighted by atomic mass is 9.96. The standard InChI is InChI=1S/C23H31N3O3S/c1-16-15-22(17(2)26(16)20-11-12-20)23(27)24-18-9-13-21(14-10-18)30(28,29)25(3)19-7-5-4-6-8-19/h9-10,13-15,19-20H,4-8,11-12H2,1-3H3,(H,24,27). The Kier molecular flexibility index (Phi) is 5.77. The maximum Gasteiger partial charge on any atom is 0.257 e. The average molecular weight is 430 g/mol. The molecule has 6 nitrogen and oxygen atoms in total. The Hall–Kier alpha value is -2.12. The van der Waals surface area contributed by atoms with Crippen LogP contribution in [0.5, 0.6) is 0 Å². The Bertz CT molecular complexity index is 1030. The van der Waals surface area contributed by atoms with Crippen molar-refractivity contribution in [1.82, 2.24) is 8.87 Å². The second-order valence-corrected chi connectivity index (χ2v) is 10.7. The number of nitrogens with zero attached hydrogens (tertiary/aromatic N) is 2. The molecule has 1 amide bonds. The third kappa shape index (κ3) is 4.05. The predicted octanol–water partition coefficient (Wildman–Crippen LogP) is 4.65. The number of sulfonamides is 1. The summed E-state index contributed by atoms with van der Waals surface area (Å²) < 4.78 is 29.7. The summed E-state index contributed by atoms with van der Waals surface area (Å²) in [6, 6.07) is 9.03. The van der Waals surface area contributed by atoms with Crippen molar-refractivity contribution >= 4 is 21.6 Å². The van der Waals surface area contributed by atoms with E-state index in [2.05, 4.69) is 9.88 Å². The fourth-order valence-corrected chi connectivity index (χ4v) is 6.03. The number of carbonyl (C=O) groups excluding carboxylic acids is 1. The van der Waals surface area contributed by atoms with Gasteiger partial charge >= 0.3 is 0 Å². The molecule has 1 aromatic carbocycles. The molecule has 2 fully saturated rings. The van der Waals surface area contributed by atoms with E-state index < -0.39 is 10.0 Å². The quantitative estimate of drug-likeness (QED) is 0.727. The summed E-state index contributed by atoms with van der Waals surface area (Å²) in [5, 5.41) is 2.91. The molecule has 1 N–H and O–H groups in total. The molecule has 2 aromatic rings. The monoisotopic (exact) mass is 429 g/mol. The van der Waals surface area contributed by atoms with Crippen molar-refractivity contribution in [3.63, 3.8) is 0 Å². The second-order valence-electron chi connectivity index (χ2n) is 8.68. The van der Waals surface area contributed by atoms with Gasteiger partial charge in [-0.1, -0.05) is 19.3 Å². The van der Waals surface area contributed by atoms with Crippen LogP contribution in [0, 0.1) is 13.8 Å². The summed E-state index contributed by atoms with van der Waals surface area (Å²) >= 11 is 0. The van der Waals surface area contributed by atoms with E-state index in [1.54, 1.807) is 31.3 Å². The first kappa shape index (κ1) is 21.1. The molecule has 1 heterocycles. The zero-order valence-electron chi connectivity index (χ0n) is 18.0. The highest BCUT2D eigenvalue weighted by atomic mass is 32.2. The lowest BCUT2D eigenvalue weighted by Crippen LogP contribution is -2.38. The summed E-state index contributed by atoms with van der Waals surface area (Å²) in [6.45, 7) is 4.02. The van der Waals surface area contributed by atoms with Crippen LogP contribution < -0.4 is 5.32 Å². The van der Waals surface area contributed by atoms with Gasteiger partial charge in [0.05, 0.1) is 10.5 Å². The summed E-state index contributed by atoms with van der Waals surface area (Å²) in [7, 11) is -1.85. The molecule has 0 spiro atoms. The maximum atomic E-state index is 13.0.